The van der Waals surface area contributed by atoms with Gasteiger partial charge in [0, 0.05) is 12.0 Å². The van der Waals surface area contributed by atoms with Crippen LogP contribution in [-0.2, 0) is 10.3 Å². The molecule has 1 aromatic heterocycles. The number of amides is 1. The monoisotopic (exact) mass is 337 g/mol. The Hall–Kier alpha value is -1.92. The Morgan fingerprint density at radius 1 is 1.26 bits per heavy atom. The van der Waals surface area contributed by atoms with E-state index in [1.54, 1.807) is 4.68 Å². The average Bonchev–Trinajstić information content (AvgIpc) is 2.97. The first-order valence-electron chi connectivity index (χ1n) is 7.37. The summed E-state index contributed by atoms with van der Waals surface area (Å²) >= 11 is 0. The van der Waals surface area contributed by atoms with Crippen molar-refractivity contribution in [1.29, 1.82) is 0 Å². The second kappa shape index (κ2) is 7.57. The van der Waals surface area contributed by atoms with Gasteiger partial charge in [-0.1, -0.05) is 30.3 Å². The zero-order valence-corrected chi connectivity index (χ0v) is 14.7. The molecule has 0 aliphatic rings. The molecule has 126 valence electrons. The summed E-state index contributed by atoms with van der Waals surface area (Å²) in [7, 11) is 0. The number of carbonyl (C=O) groups is 1. The molecule has 0 saturated heterocycles. The molecule has 0 saturated carbocycles. The van der Waals surface area contributed by atoms with Crippen LogP contribution < -0.4 is 11.1 Å². The largest absolute Gasteiger partial charge is 0.345 e. The molecule has 0 aliphatic carbocycles. The van der Waals surface area contributed by atoms with Crippen LogP contribution in [0.15, 0.2) is 36.5 Å². The zero-order chi connectivity index (χ0) is 16.3. The van der Waals surface area contributed by atoms with Crippen molar-refractivity contribution in [2.45, 2.75) is 39.3 Å². The van der Waals surface area contributed by atoms with Gasteiger partial charge in [0.2, 0.25) is 5.91 Å². The smallest absolute Gasteiger partial charge is 0.225 e. The van der Waals surface area contributed by atoms with Crippen molar-refractivity contribution in [3.63, 3.8) is 0 Å². The molecule has 0 aliphatic heterocycles. The highest BCUT2D eigenvalue weighted by Crippen LogP contribution is 2.19. The number of para-hydroxylation sites is 1. The highest BCUT2D eigenvalue weighted by molar-refractivity contribution is 5.85. The third kappa shape index (κ3) is 4.53. The quantitative estimate of drug-likeness (QED) is 0.874. The maximum Gasteiger partial charge on any atom is 0.225 e. The molecular formula is C16H24ClN5O. The van der Waals surface area contributed by atoms with E-state index < -0.39 is 5.54 Å². The summed E-state index contributed by atoms with van der Waals surface area (Å²) in [5, 5.41) is 11.3. The number of nitrogens with one attached hydrogen (secondary N) is 1. The molecule has 0 radical (unpaired) electrons. The van der Waals surface area contributed by atoms with E-state index in [1.165, 1.54) is 0 Å². The standard InChI is InChI=1S/C16H23N5O.ClH/c1-11(12(2)17)15(22)18-16(3,4)14-10-21(20-19-14)13-8-6-5-7-9-13;/h5-12H,17H2,1-4H3,(H,18,22);1H. The maximum absolute atomic E-state index is 12.2. The molecule has 1 heterocycles. The summed E-state index contributed by atoms with van der Waals surface area (Å²) in [6, 6.07) is 9.52. The first-order chi connectivity index (χ1) is 10.3. The van der Waals surface area contributed by atoms with Gasteiger partial charge in [0.15, 0.2) is 0 Å². The van der Waals surface area contributed by atoms with Crippen LogP contribution in [0.2, 0.25) is 0 Å². The van der Waals surface area contributed by atoms with Gasteiger partial charge in [0.05, 0.1) is 17.4 Å². The molecule has 0 spiro atoms. The van der Waals surface area contributed by atoms with Crippen molar-refractivity contribution in [2.75, 3.05) is 0 Å². The van der Waals surface area contributed by atoms with Crippen molar-refractivity contribution < 1.29 is 4.79 Å². The van der Waals surface area contributed by atoms with Crippen molar-refractivity contribution in [2.24, 2.45) is 11.7 Å². The minimum absolute atomic E-state index is 0. The summed E-state index contributed by atoms with van der Waals surface area (Å²) < 4.78 is 1.69. The Labute approximate surface area is 142 Å². The summed E-state index contributed by atoms with van der Waals surface area (Å²) in [4.78, 5) is 12.2. The van der Waals surface area contributed by atoms with E-state index in [0.717, 1.165) is 5.69 Å². The van der Waals surface area contributed by atoms with Crippen LogP contribution in [0.1, 0.15) is 33.4 Å². The number of carbonyl (C=O) groups excluding carboxylic acids is 1. The SMILES string of the molecule is CC(N)C(C)C(=O)NC(C)(C)c1cn(-c2ccccc2)nn1.Cl. The lowest BCUT2D eigenvalue weighted by Crippen LogP contribution is -2.47. The molecule has 2 rings (SSSR count). The molecule has 3 N–H and O–H groups in total. The number of aromatic nitrogens is 3. The lowest BCUT2D eigenvalue weighted by Gasteiger charge is -2.26. The summed E-state index contributed by atoms with van der Waals surface area (Å²) in [6.45, 7) is 7.44. The van der Waals surface area contributed by atoms with Crippen molar-refractivity contribution in [3.05, 3.63) is 42.2 Å². The van der Waals surface area contributed by atoms with E-state index in [-0.39, 0.29) is 30.3 Å². The molecule has 1 aromatic carbocycles. The Morgan fingerprint density at radius 3 is 2.43 bits per heavy atom. The van der Waals surface area contributed by atoms with Crippen LogP contribution in [0.5, 0.6) is 0 Å². The van der Waals surface area contributed by atoms with E-state index in [0.29, 0.717) is 5.69 Å². The fraction of sp³-hybridized carbons (Fsp3) is 0.438. The van der Waals surface area contributed by atoms with Crippen LogP contribution in [0.3, 0.4) is 0 Å². The molecule has 6 nitrogen and oxygen atoms in total. The van der Waals surface area contributed by atoms with Gasteiger partial charge < -0.3 is 11.1 Å². The lowest BCUT2D eigenvalue weighted by molar-refractivity contribution is -0.126. The normalized spacial score (nSPS) is 13.8. The summed E-state index contributed by atoms with van der Waals surface area (Å²) in [6.07, 6.45) is 1.83. The minimum Gasteiger partial charge on any atom is -0.345 e. The van der Waals surface area contributed by atoms with Crippen molar-refractivity contribution >= 4 is 18.3 Å². The molecule has 0 bridgehead atoms. The van der Waals surface area contributed by atoms with E-state index in [4.69, 9.17) is 5.73 Å². The molecule has 1 amide bonds. The number of hydrogen-bond donors (Lipinski definition) is 2. The van der Waals surface area contributed by atoms with Crippen LogP contribution in [0, 0.1) is 5.92 Å². The topological polar surface area (TPSA) is 85.8 Å². The number of nitrogens with zero attached hydrogens (tertiary/aromatic N) is 3. The van der Waals surface area contributed by atoms with E-state index in [9.17, 15) is 4.79 Å². The molecular weight excluding hydrogens is 314 g/mol. The number of rotatable bonds is 5. The van der Waals surface area contributed by atoms with Crippen LogP contribution in [0.25, 0.3) is 5.69 Å². The van der Waals surface area contributed by atoms with Crippen LogP contribution in [0.4, 0.5) is 0 Å². The van der Waals surface area contributed by atoms with Crippen molar-refractivity contribution in [1.82, 2.24) is 20.3 Å². The second-order valence-corrected chi connectivity index (χ2v) is 6.15. The fourth-order valence-electron chi connectivity index (χ4n) is 1.98. The van der Waals surface area contributed by atoms with E-state index in [1.807, 2.05) is 64.2 Å². The highest BCUT2D eigenvalue weighted by atomic mass is 35.5. The third-order valence-electron chi connectivity index (χ3n) is 3.79. The Morgan fingerprint density at radius 2 is 1.87 bits per heavy atom. The molecule has 7 heteroatoms. The Balaban J connectivity index is 0.00000264. The van der Waals surface area contributed by atoms with Gasteiger partial charge in [-0.05, 0) is 32.9 Å². The summed E-state index contributed by atoms with van der Waals surface area (Å²) in [5.74, 6) is -0.349. The number of halogens is 1. The minimum atomic E-state index is -0.618. The van der Waals surface area contributed by atoms with Gasteiger partial charge >= 0.3 is 0 Å². The lowest BCUT2D eigenvalue weighted by atomic mass is 9.97. The number of nitrogens with two attached hydrogens (primary N) is 1. The Kier molecular flexibility index (Phi) is 6.29. The summed E-state index contributed by atoms with van der Waals surface area (Å²) in [5.41, 5.74) is 6.78. The molecule has 23 heavy (non-hydrogen) atoms. The first-order valence-corrected chi connectivity index (χ1v) is 7.37. The van der Waals surface area contributed by atoms with Gasteiger partial charge in [-0.2, -0.15) is 0 Å². The fourth-order valence-corrected chi connectivity index (χ4v) is 1.98. The van der Waals surface area contributed by atoms with Crippen molar-refractivity contribution in [3.8, 4) is 5.69 Å². The predicted octanol–water partition coefficient (Wildman–Crippen LogP) is 2.02. The number of hydrogen-bond acceptors (Lipinski definition) is 4. The van der Waals surface area contributed by atoms with Gasteiger partial charge in [-0.25, -0.2) is 4.68 Å². The second-order valence-electron chi connectivity index (χ2n) is 6.15. The molecule has 0 fully saturated rings. The molecule has 2 unspecified atom stereocenters. The van der Waals surface area contributed by atoms with Gasteiger partial charge in [-0.3, -0.25) is 4.79 Å². The average molecular weight is 338 g/mol. The molecule has 2 atom stereocenters. The van der Waals surface area contributed by atoms with E-state index in [2.05, 4.69) is 15.6 Å². The molecule has 2 aromatic rings. The number of benzene rings is 1. The van der Waals surface area contributed by atoms with Crippen LogP contribution >= 0.6 is 12.4 Å². The third-order valence-corrected chi connectivity index (χ3v) is 3.79. The van der Waals surface area contributed by atoms with Gasteiger partial charge in [0.25, 0.3) is 0 Å². The van der Waals surface area contributed by atoms with E-state index >= 15 is 0 Å². The Bertz CT molecular complexity index is 639. The highest BCUT2D eigenvalue weighted by Gasteiger charge is 2.29. The first kappa shape index (κ1) is 19.1. The maximum atomic E-state index is 12.2. The van der Waals surface area contributed by atoms with Crippen LogP contribution in [-0.4, -0.2) is 26.9 Å². The zero-order valence-electron chi connectivity index (χ0n) is 13.9. The van der Waals surface area contributed by atoms with Gasteiger partial charge in [-0.15, -0.1) is 17.5 Å². The predicted molar refractivity (Wildman–Crippen MR) is 92.6 cm³/mol. The van der Waals surface area contributed by atoms with Gasteiger partial charge in [0.1, 0.15) is 5.69 Å².